The Kier molecular flexibility index (Phi) is 3.39. The van der Waals surface area contributed by atoms with Crippen LogP contribution in [0.2, 0.25) is 0 Å². The van der Waals surface area contributed by atoms with Crippen molar-refractivity contribution in [3.8, 4) is 11.5 Å². The number of ether oxygens (including phenoxy) is 2. The Hall–Kier alpha value is -3.68. The molecule has 152 valence electrons. The number of carbonyl (C=O) groups excluding carboxylic acids is 2. The molecule has 6 rings (SSSR count). The number of aromatic nitrogens is 1. The first-order chi connectivity index (χ1) is 14.5. The number of amides is 3. The topological polar surface area (TPSA) is 78.1 Å². The first kappa shape index (κ1) is 17.2. The van der Waals surface area contributed by atoms with E-state index in [2.05, 4.69) is 11.1 Å². The summed E-state index contributed by atoms with van der Waals surface area (Å²) in [6, 6.07) is 12.5. The predicted octanol–water partition coefficient (Wildman–Crippen LogP) is 2.65. The number of hydrogen-bond donors (Lipinski definition) is 1. The number of urea groups is 1. The van der Waals surface area contributed by atoms with Crippen molar-refractivity contribution in [3.63, 3.8) is 0 Å². The number of H-pyrrole nitrogens is 1. The molecule has 8 nitrogen and oxygen atoms in total. The van der Waals surface area contributed by atoms with Crippen LogP contribution in [0.25, 0.3) is 10.9 Å². The lowest BCUT2D eigenvalue weighted by Crippen LogP contribution is -2.66. The standard InChI is InChI=1S/C22H20N4O4/c1-24-21(27)16-10-14-13-5-3-4-6-15(13)23-19(14)20(26(16)22(28)25(24)2)12-7-8-17-18(9-12)30-11-29-17/h3-9,16,20,23H,10-11H2,1-2H3/t16?,20-/m1/s1. The molecule has 8 heteroatoms. The Morgan fingerprint density at radius 2 is 1.80 bits per heavy atom. The van der Waals surface area contributed by atoms with Gasteiger partial charge in [0.25, 0.3) is 5.91 Å². The molecule has 0 saturated carbocycles. The van der Waals surface area contributed by atoms with Crippen LogP contribution in [0.15, 0.2) is 42.5 Å². The van der Waals surface area contributed by atoms with Gasteiger partial charge in [0.2, 0.25) is 6.79 Å². The number of nitrogens with zero attached hydrogens (tertiary/aromatic N) is 3. The highest BCUT2D eigenvalue weighted by Crippen LogP contribution is 2.45. The Morgan fingerprint density at radius 3 is 2.67 bits per heavy atom. The number of carbonyl (C=O) groups is 2. The molecular formula is C22H20N4O4. The van der Waals surface area contributed by atoms with Crippen molar-refractivity contribution in [2.24, 2.45) is 0 Å². The summed E-state index contributed by atoms with van der Waals surface area (Å²) in [6.07, 6.45) is 0.475. The zero-order valence-electron chi connectivity index (χ0n) is 16.6. The van der Waals surface area contributed by atoms with E-state index >= 15 is 0 Å². The normalized spacial score (nSPS) is 22.5. The molecule has 4 heterocycles. The number of para-hydroxylation sites is 1. The van der Waals surface area contributed by atoms with E-state index in [9.17, 15) is 9.59 Å². The van der Waals surface area contributed by atoms with Crippen LogP contribution in [-0.4, -0.2) is 58.8 Å². The largest absolute Gasteiger partial charge is 0.454 e. The summed E-state index contributed by atoms with van der Waals surface area (Å²) in [5, 5.41) is 3.85. The summed E-state index contributed by atoms with van der Waals surface area (Å²) in [5.41, 5.74) is 3.88. The molecule has 1 fully saturated rings. The second-order valence-corrected chi connectivity index (χ2v) is 7.87. The van der Waals surface area contributed by atoms with E-state index in [4.69, 9.17) is 9.47 Å². The minimum Gasteiger partial charge on any atom is -0.454 e. The van der Waals surface area contributed by atoms with Crippen molar-refractivity contribution in [2.75, 3.05) is 20.9 Å². The monoisotopic (exact) mass is 404 g/mol. The van der Waals surface area contributed by atoms with Gasteiger partial charge in [-0.15, -0.1) is 0 Å². The fourth-order valence-electron chi connectivity index (χ4n) is 4.80. The number of hydrazine groups is 1. The third kappa shape index (κ3) is 2.16. The van der Waals surface area contributed by atoms with Crippen molar-refractivity contribution in [1.29, 1.82) is 0 Å². The van der Waals surface area contributed by atoms with Crippen LogP contribution in [0.4, 0.5) is 4.79 Å². The fourth-order valence-corrected chi connectivity index (χ4v) is 4.80. The van der Waals surface area contributed by atoms with E-state index < -0.39 is 12.1 Å². The molecule has 0 aliphatic carbocycles. The number of fused-ring (bicyclic) bond motifs is 5. The molecule has 0 bridgehead atoms. The lowest BCUT2D eigenvalue weighted by atomic mass is 9.87. The molecule has 1 saturated heterocycles. The Bertz CT molecular complexity index is 1220. The average Bonchev–Trinajstić information content (AvgIpc) is 3.38. The quantitative estimate of drug-likeness (QED) is 0.676. The van der Waals surface area contributed by atoms with Gasteiger partial charge in [-0.1, -0.05) is 24.3 Å². The van der Waals surface area contributed by atoms with Crippen LogP contribution in [0, 0.1) is 0 Å². The van der Waals surface area contributed by atoms with E-state index in [1.807, 2.05) is 36.4 Å². The number of benzene rings is 2. The van der Waals surface area contributed by atoms with Crippen molar-refractivity contribution >= 4 is 22.8 Å². The number of likely N-dealkylation sites (N-methyl/N-ethyl adjacent to an activating group) is 1. The van der Waals surface area contributed by atoms with Crippen molar-refractivity contribution in [1.82, 2.24) is 19.9 Å². The molecule has 30 heavy (non-hydrogen) atoms. The summed E-state index contributed by atoms with van der Waals surface area (Å²) in [7, 11) is 3.26. The van der Waals surface area contributed by atoms with Crippen molar-refractivity contribution in [2.45, 2.75) is 18.5 Å². The minimum absolute atomic E-state index is 0.0984. The van der Waals surface area contributed by atoms with Crippen molar-refractivity contribution in [3.05, 3.63) is 59.3 Å². The highest BCUT2D eigenvalue weighted by molar-refractivity contribution is 5.95. The van der Waals surface area contributed by atoms with E-state index in [-0.39, 0.29) is 18.7 Å². The summed E-state index contributed by atoms with van der Waals surface area (Å²) in [5.74, 6) is 1.23. The molecule has 3 aromatic rings. The van der Waals surface area contributed by atoms with Gasteiger partial charge in [0.15, 0.2) is 11.5 Å². The molecule has 0 radical (unpaired) electrons. The Morgan fingerprint density at radius 1 is 1.00 bits per heavy atom. The van der Waals surface area contributed by atoms with Crippen LogP contribution in [-0.2, 0) is 11.2 Å². The zero-order valence-corrected chi connectivity index (χ0v) is 16.6. The number of hydrogen-bond acceptors (Lipinski definition) is 4. The molecule has 3 amide bonds. The third-order valence-corrected chi connectivity index (χ3v) is 6.40. The molecule has 3 aliphatic rings. The average molecular weight is 404 g/mol. The van der Waals surface area contributed by atoms with Gasteiger partial charge >= 0.3 is 6.03 Å². The highest BCUT2D eigenvalue weighted by Gasteiger charge is 2.49. The lowest BCUT2D eigenvalue weighted by molar-refractivity contribution is -0.153. The van der Waals surface area contributed by atoms with E-state index in [1.165, 1.54) is 10.0 Å². The molecular weight excluding hydrogens is 384 g/mol. The van der Waals surface area contributed by atoms with Gasteiger partial charge in [0, 0.05) is 37.1 Å². The first-order valence-corrected chi connectivity index (χ1v) is 9.87. The van der Waals surface area contributed by atoms with E-state index in [0.29, 0.717) is 17.9 Å². The summed E-state index contributed by atoms with van der Waals surface area (Å²) < 4.78 is 11.0. The Labute approximate surface area is 172 Å². The maximum absolute atomic E-state index is 13.3. The molecule has 2 aromatic carbocycles. The summed E-state index contributed by atoms with van der Waals surface area (Å²) in [6.45, 7) is 0.179. The first-order valence-electron chi connectivity index (χ1n) is 9.87. The number of nitrogens with one attached hydrogen (secondary N) is 1. The van der Waals surface area contributed by atoms with Crippen LogP contribution in [0.3, 0.4) is 0 Å². The second-order valence-electron chi connectivity index (χ2n) is 7.87. The highest BCUT2D eigenvalue weighted by atomic mass is 16.7. The van der Waals surface area contributed by atoms with Crippen LogP contribution in [0.1, 0.15) is 22.9 Å². The Balaban J connectivity index is 1.60. The SMILES string of the molecule is CN1C(=O)C2Cc3c([nH]c4ccccc34)[C@@H](c3ccc4c(c3)OCO4)N2C(=O)N1C. The molecule has 2 atom stereocenters. The minimum atomic E-state index is -0.569. The maximum atomic E-state index is 13.3. The smallest absolute Gasteiger partial charge is 0.340 e. The van der Waals surface area contributed by atoms with Gasteiger partial charge in [0.1, 0.15) is 12.1 Å². The van der Waals surface area contributed by atoms with Gasteiger partial charge in [-0.2, -0.15) is 0 Å². The molecule has 0 spiro atoms. The lowest BCUT2D eigenvalue weighted by Gasteiger charge is -2.49. The van der Waals surface area contributed by atoms with E-state index in [1.54, 1.807) is 19.0 Å². The van der Waals surface area contributed by atoms with Gasteiger partial charge in [-0.05, 0) is 29.3 Å². The van der Waals surface area contributed by atoms with Crippen LogP contribution >= 0.6 is 0 Å². The molecule has 1 N–H and O–H groups in total. The second kappa shape index (κ2) is 5.91. The predicted molar refractivity (Wildman–Crippen MR) is 108 cm³/mol. The van der Waals surface area contributed by atoms with Gasteiger partial charge in [0.05, 0.1) is 0 Å². The number of rotatable bonds is 1. The summed E-state index contributed by atoms with van der Waals surface area (Å²) >= 11 is 0. The van der Waals surface area contributed by atoms with E-state index in [0.717, 1.165) is 27.7 Å². The van der Waals surface area contributed by atoms with Crippen LogP contribution < -0.4 is 9.47 Å². The number of aromatic amines is 1. The van der Waals surface area contributed by atoms with Gasteiger partial charge < -0.3 is 14.5 Å². The molecule has 1 unspecified atom stereocenters. The van der Waals surface area contributed by atoms with Gasteiger partial charge in [-0.3, -0.25) is 14.7 Å². The molecule has 3 aliphatic heterocycles. The fraction of sp³-hybridized carbons (Fsp3) is 0.273. The zero-order chi connectivity index (χ0) is 20.6. The third-order valence-electron chi connectivity index (χ3n) is 6.40. The molecule has 1 aromatic heterocycles. The summed E-state index contributed by atoms with van der Waals surface area (Å²) in [4.78, 5) is 31.7. The van der Waals surface area contributed by atoms with Crippen molar-refractivity contribution < 1.29 is 19.1 Å². The maximum Gasteiger partial charge on any atom is 0.340 e. The van der Waals surface area contributed by atoms with Crippen LogP contribution in [0.5, 0.6) is 11.5 Å². The van der Waals surface area contributed by atoms with Gasteiger partial charge in [-0.25, -0.2) is 9.80 Å².